The molecule has 0 saturated carbocycles. The molecule has 0 aliphatic carbocycles. The molecule has 6 nitrogen and oxygen atoms in total. The summed E-state index contributed by atoms with van der Waals surface area (Å²) in [6, 6.07) is 9.90. The van der Waals surface area contributed by atoms with E-state index in [-0.39, 0.29) is 18.3 Å². The molecule has 0 saturated heterocycles. The van der Waals surface area contributed by atoms with Gasteiger partial charge in [-0.05, 0) is 42.8 Å². The Morgan fingerprint density at radius 1 is 1.21 bits per heavy atom. The summed E-state index contributed by atoms with van der Waals surface area (Å²) >= 11 is 0. The lowest BCUT2D eigenvalue weighted by Gasteiger charge is -2.12. The number of benzene rings is 1. The molecule has 9 heteroatoms. The molecule has 0 unspecified atom stereocenters. The SMILES string of the molecule is Cc1cnn(-c2ccc(C(=O)NCc3cccnc3OCC(F)(F)F)cc2)c1. The Balaban J connectivity index is 1.63. The number of hydrogen-bond donors (Lipinski definition) is 1. The molecule has 0 radical (unpaired) electrons. The molecule has 1 N–H and O–H groups in total. The number of aromatic nitrogens is 3. The Bertz CT molecular complexity index is 952. The summed E-state index contributed by atoms with van der Waals surface area (Å²) in [5.41, 5.74) is 2.58. The Kier molecular flexibility index (Phi) is 5.62. The van der Waals surface area contributed by atoms with E-state index in [1.54, 1.807) is 47.3 Å². The van der Waals surface area contributed by atoms with Crippen LogP contribution in [0.25, 0.3) is 5.69 Å². The van der Waals surface area contributed by atoms with Crippen molar-refractivity contribution < 1.29 is 22.7 Å². The molecule has 2 aromatic heterocycles. The quantitative estimate of drug-likeness (QED) is 0.700. The highest BCUT2D eigenvalue weighted by Gasteiger charge is 2.29. The van der Waals surface area contributed by atoms with Crippen LogP contribution in [0.4, 0.5) is 13.2 Å². The smallest absolute Gasteiger partial charge is 0.422 e. The van der Waals surface area contributed by atoms with E-state index in [4.69, 9.17) is 4.74 Å². The van der Waals surface area contributed by atoms with Gasteiger partial charge in [0.15, 0.2) is 6.61 Å². The van der Waals surface area contributed by atoms with Gasteiger partial charge in [-0.1, -0.05) is 6.07 Å². The second-order valence-electron chi connectivity index (χ2n) is 6.06. The van der Waals surface area contributed by atoms with E-state index in [1.807, 2.05) is 13.1 Å². The Morgan fingerprint density at radius 2 is 1.96 bits per heavy atom. The standard InChI is InChI=1S/C19H17F3N4O2/c1-13-9-25-26(11-13)16-6-4-14(5-7-16)17(27)24-10-15-3-2-8-23-18(15)28-12-19(20,21)22/h2-9,11H,10,12H2,1H3,(H,24,27). The van der Waals surface area contributed by atoms with Gasteiger partial charge in [-0.25, -0.2) is 9.67 Å². The van der Waals surface area contributed by atoms with Gasteiger partial charge in [0.1, 0.15) is 0 Å². The molecule has 0 aliphatic rings. The van der Waals surface area contributed by atoms with Crippen molar-refractivity contribution in [2.45, 2.75) is 19.6 Å². The minimum atomic E-state index is -4.47. The highest BCUT2D eigenvalue weighted by atomic mass is 19.4. The van der Waals surface area contributed by atoms with Gasteiger partial charge >= 0.3 is 6.18 Å². The molecule has 2 heterocycles. The molecule has 1 aromatic carbocycles. The lowest BCUT2D eigenvalue weighted by molar-refractivity contribution is -0.154. The van der Waals surface area contributed by atoms with Crippen molar-refractivity contribution in [1.82, 2.24) is 20.1 Å². The maximum atomic E-state index is 12.3. The van der Waals surface area contributed by atoms with E-state index < -0.39 is 12.8 Å². The van der Waals surface area contributed by atoms with Crippen molar-refractivity contribution in [2.24, 2.45) is 0 Å². The van der Waals surface area contributed by atoms with E-state index in [2.05, 4.69) is 15.4 Å². The number of rotatable bonds is 6. The minimum absolute atomic E-state index is 0.0139. The van der Waals surface area contributed by atoms with Crippen LogP contribution >= 0.6 is 0 Å². The fourth-order valence-electron chi connectivity index (χ4n) is 2.44. The molecular formula is C19H17F3N4O2. The fraction of sp³-hybridized carbons (Fsp3) is 0.211. The van der Waals surface area contributed by atoms with Crippen LogP contribution in [0, 0.1) is 6.92 Å². The Morgan fingerprint density at radius 3 is 2.61 bits per heavy atom. The number of nitrogens with zero attached hydrogens (tertiary/aromatic N) is 3. The first-order chi connectivity index (χ1) is 13.3. The molecule has 28 heavy (non-hydrogen) atoms. The average Bonchev–Trinajstić information content (AvgIpc) is 3.11. The highest BCUT2D eigenvalue weighted by molar-refractivity contribution is 5.94. The van der Waals surface area contributed by atoms with Gasteiger partial charge in [0.05, 0.1) is 11.9 Å². The van der Waals surface area contributed by atoms with Gasteiger partial charge in [0, 0.05) is 30.1 Å². The van der Waals surface area contributed by atoms with Crippen LogP contribution in [0.15, 0.2) is 55.0 Å². The number of pyridine rings is 1. The molecule has 1 amide bonds. The van der Waals surface area contributed by atoms with Crippen molar-refractivity contribution in [3.63, 3.8) is 0 Å². The molecule has 0 spiro atoms. The summed E-state index contributed by atoms with van der Waals surface area (Å²) in [5, 5.41) is 6.85. The number of alkyl halides is 3. The number of hydrogen-bond acceptors (Lipinski definition) is 4. The van der Waals surface area contributed by atoms with E-state index in [0.717, 1.165) is 11.3 Å². The van der Waals surface area contributed by atoms with Crippen molar-refractivity contribution in [3.8, 4) is 11.6 Å². The summed E-state index contributed by atoms with van der Waals surface area (Å²) < 4.78 is 43.4. The maximum absolute atomic E-state index is 12.3. The number of nitrogens with one attached hydrogen (secondary N) is 1. The number of ether oxygens (including phenoxy) is 1. The fourth-order valence-corrected chi connectivity index (χ4v) is 2.44. The van der Waals surface area contributed by atoms with Crippen LogP contribution in [-0.2, 0) is 6.54 Å². The maximum Gasteiger partial charge on any atom is 0.422 e. The Hall–Kier alpha value is -3.36. The van der Waals surface area contributed by atoms with Crippen LogP contribution in [0.1, 0.15) is 21.5 Å². The number of amides is 1. The lowest BCUT2D eigenvalue weighted by atomic mass is 10.2. The van der Waals surface area contributed by atoms with Gasteiger partial charge in [-0.3, -0.25) is 4.79 Å². The van der Waals surface area contributed by atoms with Crippen LogP contribution in [-0.4, -0.2) is 33.5 Å². The third kappa shape index (κ3) is 5.09. The van der Waals surface area contributed by atoms with E-state index >= 15 is 0 Å². The summed E-state index contributed by atoms with van der Waals surface area (Å²) in [6.45, 7) is 0.468. The summed E-state index contributed by atoms with van der Waals surface area (Å²) in [7, 11) is 0. The highest BCUT2D eigenvalue weighted by Crippen LogP contribution is 2.20. The Labute approximate surface area is 159 Å². The van der Waals surface area contributed by atoms with Crippen LogP contribution in [0.5, 0.6) is 5.88 Å². The molecule has 0 aliphatic heterocycles. The van der Waals surface area contributed by atoms with Gasteiger partial charge in [-0.2, -0.15) is 18.3 Å². The summed E-state index contributed by atoms with van der Waals surface area (Å²) in [6.07, 6.45) is 0.451. The first kappa shape index (κ1) is 19.4. The largest absolute Gasteiger partial charge is 0.468 e. The van der Waals surface area contributed by atoms with Crippen LogP contribution < -0.4 is 10.1 Å². The van der Waals surface area contributed by atoms with Crippen molar-refractivity contribution in [3.05, 3.63) is 71.7 Å². The normalized spacial score (nSPS) is 11.3. The minimum Gasteiger partial charge on any atom is -0.468 e. The third-order valence-corrected chi connectivity index (χ3v) is 3.77. The molecule has 146 valence electrons. The number of aryl methyl sites for hydroxylation is 1. The van der Waals surface area contributed by atoms with Gasteiger partial charge in [0.25, 0.3) is 5.91 Å². The van der Waals surface area contributed by atoms with E-state index in [0.29, 0.717) is 11.1 Å². The van der Waals surface area contributed by atoms with Gasteiger partial charge < -0.3 is 10.1 Å². The molecule has 3 rings (SSSR count). The number of halogens is 3. The topological polar surface area (TPSA) is 69.0 Å². The van der Waals surface area contributed by atoms with Crippen LogP contribution in [0.3, 0.4) is 0 Å². The molecule has 0 fully saturated rings. The summed E-state index contributed by atoms with van der Waals surface area (Å²) in [5.74, 6) is -0.529. The second kappa shape index (κ2) is 8.12. The van der Waals surface area contributed by atoms with Crippen molar-refractivity contribution in [1.29, 1.82) is 0 Å². The first-order valence-corrected chi connectivity index (χ1v) is 8.35. The van der Waals surface area contributed by atoms with Crippen molar-refractivity contribution >= 4 is 5.91 Å². The number of carbonyl (C=O) groups is 1. The molecular weight excluding hydrogens is 373 g/mol. The van der Waals surface area contributed by atoms with E-state index in [1.165, 1.54) is 6.20 Å². The predicted molar refractivity (Wildman–Crippen MR) is 95.3 cm³/mol. The molecule has 0 atom stereocenters. The monoisotopic (exact) mass is 390 g/mol. The second-order valence-corrected chi connectivity index (χ2v) is 6.06. The lowest BCUT2D eigenvalue weighted by Crippen LogP contribution is -2.24. The third-order valence-electron chi connectivity index (χ3n) is 3.77. The predicted octanol–water partition coefficient (Wildman–Crippen LogP) is 3.45. The summed E-state index contributed by atoms with van der Waals surface area (Å²) in [4.78, 5) is 16.1. The first-order valence-electron chi connectivity index (χ1n) is 8.35. The zero-order valence-corrected chi connectivity index (χ0v) is 14.9. The average molecular weight is 390 g/mol. The van der Waals surface area contributed by atoms with Gasteiger partial charge in [0.2, 0.25) is 5.88 Å². The molecule has 3 aromatic rings. The zero-order chi connectivity index (χ0) is 20.1. The number of carbonyl (C=O) groups excluding carboxylic acids is 1. The van der Waals surface area contributed by atoms with Gasteiger partial charge in [-0.15, -0.1) is 0 Å². The van der Waals surface area contributed by atoms with Crippen molar-refractivity contribution in [2.75, 3.05) is 6.61 Å². The molecule has 0 bridgehead atoms. The zero-order valence-electron chi connectivity index (χ0n) is 14.9. The van der Waals surface area contributed by atoms with E-state index in [9.17, 15) is 18.0 Å². The van der Waals surface area contributed by atoms with Crippen LogP contribution in [0.2, 0.25) is 0 Å².